The van der Waals surface area contributed by atoms with E-state index in [9.17, 15) is 9.59 Å². The van der Waals surface area contributed by atoms with Gasteiger partial charge in [-0.2, -0.15) is 5.10 Å². The molecule has 3 rings (SSSR count). The van der Waals surface area contributed by atoms with E-state index in [1.54, 1.807) is 21.8 Å². The van der Waals surface area contributed by atoms with Gasteiger partial charge in [-0.3, -0.25) is 14.3 Å². The standard InChI is InChI=1S/C20H26N4O2/c1-4-16-5-7-17(8-6-16)19(25)22-11-13-23(14-12-22)20(26)18-9-10-21-24(18)15(2)3/h5-10,15H,4,11-14H2,1-3H3. The molecule has 138 valence electrons. The minimum absolute atomic E-state index is 0.0180. The molecule has 0 radical (unpaired) electrons. The van der Waals surface area contributed by atoms with Crippen molar-refractivity contribution in [1.29, 1.82) is 0 Å². The molecule has 26 heavy (non-hydrogen) atoms. The van der Waals surface area contributed by atoms with Crippen molar-refractivity contribution in [2.45, 2.75) is 33.2 Å². The lowest BCUT2D eigenvalue weighted by molar-refractivity contribution is 0.0527. The van der Waals surface area contributed by atoms with Crippen LogP contribution in [-0.4, -0.2) is 57.6 Å². The first-order chi connectivity index (χ1) is 12.5. The molecule has 2 heterocycles. The van der Waals surface area contributed by atoms with Gasteiger partial charge in [-0.25, -0.2) is 0 Å². The second-order valence-corrected chi connectivity index (χ2v) is 6.89. The van der Waals surface area contributed by atoms with Crippen LogP contribution in [0.3, 0.4) is 0 Å². The Kier molecular flexibility index (Phi) is 5.40. The van der Waals surface area contributed by atoms with Gasteiger partial charge < -0.3 is 9.80 Å². The van der Waals surface area contributed by atoms with Crippen molar-refractivity contribution in [3.63, 3.8) is 0 Å². The van der Waals surface area contributed by atoms with E-state index in [0.29, 0.717) is 37.4 Å². The van der Waals surface area contributed by atoms with Crippen LogP contribution in [0.25, 0.3) is 0 Å². The molecule has 0 atom stereocenters. The molecule has 6 nitrogen and oxygen atoms in total. The summed E-state index contributed by atoms with van der Waals surface area (Å²) >= 11 is 0. The topological polar surface area (TPSA) is 58.4 Å². The Bertz CT molecular complexity index is 771. The second kappa shape index (κ2) is 7.72. The normalized spacial score (nSPS) is 14.8. The van der Waals surface area contributed by atoms with Gasteiger partial charge in [0, 0.05) is 44.0 Å². The summed E-state index contributed by atoms with van der Waals surface area (Å²) in [5.41, 5.74) is 2.54. The van der Waals surface area contributed by atoms with Crippen LogP contribution in [0.2, 0.25) is 0 Å². The van der Waals surface area contributed by atoms with Gasteiger partial charge in [-0.1, -0.05) is 19.1 Å². The maximum atomic E-state index is 12.8. The molecule has 1 aliphatic rings. The summed E-state index contributed by atoms with van der Waals surface area (Å²) in [6.45, 7) is 8.29. The van der Waals surface area contributed by atoms with Crippen LogP contribution in [0.5, 0.6) is 0 Å². The van der Waals surface area contributed by atoms with Crippen molar-refractivity contribution in [2.75, 3.05) is 26.2 Å². The molecule has 0 aliphatic carbocycles. The van der Waals surface area contributed by atoms with Gasteiger partial charge in [0.1, 0.15) is 5.69 Å². The summed E-state index contributed by atoms with van der Waals surface area (Å²) in [5.74, 6) is 0.0163. The van der Waals surface area contributed by atoms with Crippen molar-refractivity contribution >= 4 is 11.8 Å². The van der Waals surface area contributed by atoms with E-state index in [1.165, 1.54) is 5.56 Å². The van der Waals surface area contributed by atoms with Gasteiger partial charge in [0.05, 0.1) is 0 Å². The van der Waals surface area contributed by atoms with Gasteiger partial charge >= 0.3 is 0 Å². The number of benzene rings is 1. The van der Waals surface area contributed by atoms with Crippen LogP contribution in [-0.2, 0) is 6.42 Å². The fourth-order valence-electron chi connectivity index (χ4n) is 3.24. The van der Waals surface area contributed by atoms with Crippen molar-refractivity contribution in [2.24, 2.45) is 0 Å². The largest absolute Gasteiger partial charge is 0.335 e. The Balaban J connectivity index is 1.62. The van der Waals surface area contributed by atoms with Gasteiger partial charge in [0.25, 0.3) is 11.8 Å². The zero-order valence-corrected chi connectivity index (χ0v) is 15.7. The van der Waals surface area contributed by atoms with Crippen LogP contribution in [0, 0.1) is 0 Å². The molecule has 6 heteroatoms. The molecule has 0 N–H and O–H groups in total. The fraction of sp³-hybridized carbons (Fsp3) is 0.450. The SMILES string of the molecule is CCc1ccc(C(=O)N2CCN(C(=O)c3ccnn3C(C)C)CC2)cc1. The molecule has 2 amide bonds. The highest BCUT2D eigenvalue weighted by Crippen LogP contribution is 2.15. The average Bonchev–Trinajstić information content (AvgIpc) is 3.17. The number of aromatic nitrogens is 2. The maximum absolute atomic E-state index is 12.8. The lowest BCUT2D eigenvalue weighted by Gasteiger charge is -2.35. The van der Waals surface area contributed by atoms with Gasteiger partial charge in [-0.15, -0.1) is 0 Å². The number of hydrogen-bond acceptors (Lipinski definition) is 3. The first-order valence-corrected chi connectivity index (χ1v) is 9.22. The molecule has 1 aromatic heterocycles. The first kappa shape index (κ1) is 18.2. The Hall–Kier alpha value is -2.63. The predicted molar refractivity (Wildman–Crippen MR) is 100 cm³/mol. The quantitative estimate of drug-likeness (QED) is 0.848. The summed E-state index contributed by atoms with van der Waals surface area (Å²) in [6, 6.07) is 9.67. The molecule has 2 aromatic rings. The lowest BCUT2D eigenvalue weighted by Crippen LogP contribution is -2.51. The molecule has 0 bridgehead atoms. The Labute approximate surface area is 154 Å². The highest BCUT2D eigenvalue weighted by atomic mass is 16.2. The monoisotopic (exact) mass is 354 g/mol. The summed E-state index contributed by atoms with van der Waals surface area (Å²) in [6.07, 6.45) is 2.62. The summed E-state index contributed by atoms with van der Waals surface area (Å²) in [4.78, 5) is 29.1. The number of aryl methyl sites for hydroxylation is 1. The molecule has 0 spiro atoms. The van der Waals surface area contributed by atoms with E-state index in [4.69, 9.17) is 0 Å². The molecular formula is C20H26N4O2. The van der Waals surface area contributed by atoms with Crippen LogP contribution in [0.4, 0.5) is 0 Å². The number of carbonyl (C=O) groups is 2. The Morgan fingerprint density at radius 1 is 0.962 bits per heavy atom. The number of carbonyl (C=O) groups excluding carboxylic acids is 2. The highest BCUT2D eigenvalue weighted by molar-refractivity contribution is 5.95. The second-order valence-electron chi connectivity index (χ2n) is 6.89. The highest BCUT2D eigenvalue weighted by Gasteiger charge is 2.27. The fourth-order valence-corrected chi connectivity index (χ4v) is 3.24. The average molecular weight is 354 g/mol. The molecule has 0 saturated carbocycles. The third kappa shape index (κ3) is 3.64. The van der Waals surface area contributed by atoms with E-state index in [1.807, 2.05) is 43.0 Å². The van der Waals surface area contributed by atoms with Crippen LogP contribution in [0.15, 0.2) is 36.5 Å². The van der Waals surface area contributed by atoms with Gasteiger partial charge in [0.15, 0.2) is 0 Å². The molecular weight excluding hydrogens is 328 g/mol. The number of piperazine rings is 1. The van der Waals surface area contributed by atoms with Crippen molar-refractivity contribution in [1.82, 2.24) is 19.6 Å². The molecule has 1 aliphatic heterocycles. The van der Waals surface area contributed by atoms with Gasteiger partial charge in [0.2, 0.25) is 0 Å². The van der Waals surface area contributed by atoms with E-state index in [0.717, 1.165) is 6.42 Å². The molecule has 1 saturated heterocycles. The number of amides is 2. The first-order valence-electron chi connectivity index (χ1n) is 9.22. The molecule has 0 unspecified atom stereocenters. The van der Waals surface area contributed by atoms with E-state index in [-0.39, 0.29) is 17.9 Å². The van der Waals surface area contributed by atoms with Crippen molar-refractivity contribution in [3.8, 4) is 0 Å². The van der Waals surface area contributed by atoms with Crippen LogP contribution in [0.1, 0.15) is 53.2 Å². The Morgan fingerprint density at radius 2 is 1.54 bits per heavy atom. The zero-order chi connectivity index (χ0) is 18.7. The predicted octanol–water partition coefficient (Wildman–Crippen LogP) is 2.62. The van der Waals surface area contributed by atoms with Crippen molar-refractivity contribution < 1.29 is 9.59 Å². The minimum Gasteiger partial charge on any atom is -0.335 e. The molecule has 1 aromatic carbocycles. The number of rotatable bonds is 4. The van der Waals surface area contributed by atoms with E-state index >= 15 is 0 Å². The van der Waals surface area contributed by atoms with E-state index < -0.39 is 0 Å². The van der Waals surface area contributed by atoms with E-state index in [2.05, 4.69) is 12.0 Å². The minimum atomic E-state index is -0.0180. The smallest absolute Gasteiger partial charge is 0.272 e. The third-order valence-electron chi connectivity index (χ3n) is 4.84. The van der Waals surface area contributed by atoms with Crippen LogP contribution < -0.4 is 0 Å². The maximum Gasteiger partial charge on any atom is 0.272 e. The number of nitrogens with zero attached hydrogens (tertiary/aromatic N) is 4. The third-order valence-corrected chi connectivity index (χ3v) is 4.84. The van der Waals surface area contributed by atoms with Gasteiger partial charge in [-0.05, 0) is 44.0 Å². The summed E-state index contributed by atoms with van der Waals surface area (Å²) in [5, 5.41) is 4.23. The molecule has 1 fully saturated rings. The number of hydrogen-bond donors (Lipinski definition) is 0. The van der Waals surface area contributed by atoms with Crippen molar-refractivity contribution in [3.05, 3.63) is 53.3 Å². The zero-order valence-electron chi connectivity index (χ0n) is 15.7. The summed E-state index contributed by atoms with van der Waals surface area (Å²) < 4.78 is 1.75. The lowest BCUT2D eigenvalue weighted by atomic mass is 10.1. The van der Waals surface area contributed by atoms with Crippen LogP contribution >= 0.6 is 0 Å². The Morgan fingerprint density at radius 3 is 2.08 bits per heavy atom. The summed E-state index contributed by atoms with van der Waals surface area (Å²) in [7, 11) is 0.